The quantitative estimate of drug-likeness (QED) is 0.506. The van der Waals surface area contributed by atoms with Gasteiger partial charge in [0.15, 0.2) is 0 Å². The highest BCUT2D eigenvalue weighted by atomic mass is 19.4. The van der Waals surface area contributed by atoms with Gasteiger partial charge in [-0.2, -0.15) is 13.2 Å². The van der Waals surface area contributed by atoms with Crippen LogP contribution in [0.5, 0.6) is 0 Å². The molecule has 0 heterocycles. The predicted octanol–water partition coefficient (Wildman–Crippen LogP) is 3.32. The molecule has 12 heavy (non-hydrogen) atoms. The van der Waals surface area contributed by atoms with Crippen LogP contribution in [0.4, 0.5) is 17.6 Å². The van der Waals surface area contributed by atoms with E-state index >= 15 is 0 Å². The van der Waals surface area contributed by atoms with Gasteiger partial charge >= 0.3 is 6.18 Å². The van der Waals surface area contributed by atoms with Gasteiger partial charge < -0.3 is 0 Å². The molecule has 1 aliphatic rings. The van der Waals surface area contributed by atoms with E-state index < -0.39 is 24.2 Å². The van der Waals surface area contributed by atoms with Gasteiger partial charge in [0.05, 0.1) is 5.92 Å². The van der Waals surface area contributed by atoms with Crippen molar-refractivity contribution < 1.29 is 17.6 Å². The third-order valence-electron chi connectivity index (χ3n) is 2.53. The predicted molar refractivity (Wildman–Crippen MR) is 37.5 cm³/mol. The zero-order valence-electron chi connectivity index (χ0n) is 6.87. The Balaban J connectivity index is 2.51. The Morgan fingerprint density at radius 1 is 1.17 bits per heavy atom. The fourth-order valence-electron chi connectivity index (χ4n) is 1.66. The molecule has 0 spiro atoms. The molecule has 0 saturated heterocycles. The van der Waals surface area contributed by atoms with Crippen LogP contribution in [0, 0.1) is 11.8 Å². The Labute approximate surface area is 69.0 Å². The maximum atomic E-state index is 12.8. The standard InChI is InChI=1S/C8H12F4/c1-5-4-6(8(10,11)12)2-3-7(5)9/h5-7H,2-4H2,1H3. The summed E-state index contributed by atoms with van der Waals surface area (Å²) in [4.78, 5) is 0. The largest absolute Gasteiger partial charge is 0.391 e. The topological polar surface area (TPSA) is 0 Å². The average molecular weight is 184 g/mol. The van der Waals surface area contributed by atoms with Crippen molar-refractivity contribution in [2.45, 2.75) is 38.5 Å². The van der Waals surface area contributed by atoms with Crippen molar-refractivity contribution >= 4 is 0 Å². The first-order valence-corrected chi connectivity index (χ1v) is 4.12. The van der Waals surface area contributed by atoms with Crippen LogP contribution in [-0.4, -0.2) is 12.3 Å². The molecule has 0 aromatic carbocycles. The molecule has 1 fully saturated rings. The van der Waals surface area contributed by atoms with E-state index in [1.165, 1.54) is 0 Å². The van der Waals surface area contributed by atoms with Gasteiger partial charge in [0, 0.05) is 0 Å². The van der Waals surface area contributed by atoms with Crippen LogP contribution in [0.15, 0.2) is 0 Å². The lowest BCUT2D eigenvalue weighted by Gasteiger charge is -2.30. The molecule has 0 aliphatic heterocycles. The monoisotopic (exact) mass is 184 g/mol. The number of alkyl halides is 4. The molecule has 1 saturated carbocycles. The second-order valence-corrected chi connectivity index (χ2v) is 3.54. The lowest BCUT2D eigenvalue weighted by molar-refractivity contribution is -0.188. The number of halogens is 4. The van der Waals surface area contributed by atoms with Crippen molar-refractivity contribution in [3.63, 3.8) is 0 Å². The summed E-state index contributed by atoms with van der Waals surface area (Å²) in [6.07, 6.45) is -5.21. The Morgan fingerprint density at radius 2 is 1.75 bits per heavy atom. The van der Waals surface area contributed by atoms with E-state index in [-0.39, 0.29) is 19.3 Å². The highest BCUT2D eigenvalue weighted by Crippen LogP contribution is 2.40. The fraction of sp³-hybridized carbons (Fsp3) is 1.00. The molecule has 3 atom stereocenters. The van der Waals surface area contributed by atoms with E-state index in [1.54, 1.807) is 6.92 Å². The third kappa shape index (κ3) is 2.11. The number of hydrogen-bond donors (Lipinski definition) is 0. The average Bonchev–Trinajstić information content (AvgIpc) is 1.92. The summed E-state index contributed by atoms with van der Waals surface area (Å²) in [6.45, 7) is 1.54. The van der Waals surface area contributed by atoms with Gasteiger partial charge in [-0.3, -0.25) is 0 Å². The maximum absolute atomic E-state index is 12.8. The zero-order chi connectivity index (χ0) is 9.35. The molecule has 72 valence electrons. The summed E-state index contributed by atoms with van der Waals surface area (Å²) >= 11 is 0. The van der Waals surface area contributed by atoms with Crippen molar-refractivity contribution in [2.75, 3.05) is 0 Å². The molecular formula is C8H12F4. The van der Waals surface area contributed by atoms with Crippen LogP contribution in [0.25, 0.3) is 0 Å². The van der Waals surface area contributed by atoms with Crippen molar-refractivity contribution in [3.8, 4) is 0 Å². The van der Waals surface area contributed by atoms with Gasteiger partial charge in [-0.15, -0.1) is 0 Å². The van der Waals surface area contributed by atoms with E-state index in [2.05, 4.69) is 0 Å². The van der Waals surface area contributed by atoms with Gasteiger partial charge in [0.2, 0.25) is 0 Å². The number of hydrogen-bond acceptors (Lipinski definition) is 0. The Hall–Kier alpha value is -0.280. The smallest absolute Gasteiger partial charge is 0.247 e. The third-order valence-corrected chi connectivity index (χ3v) is 2.53. The summed E-state index contributed by atoms with van der Waals surface area (Å²) in [5.41, 5.74) is 0. The van der Waals surface area contributed by atoms with E-state index in [4.69, 9.17) is 0 Å². The van der Waals surface area contributed by atoms with E-state index in [0.717, 1.165) is 0 Å². The molecule has 0 aromatic heterocycles. The molecule has 1 aliphatic carbocycles. The second kappa shape index (κ2) is 3.23. The van der Waals surface area contributed by atoms with Gasteiger partial charge in [-0.1, -0.05) is 6.92 Å². The van der Waals surface area contributed by atoms with Crippen LogP contribution in [0.2, 0.25) is 0 Å². The summed E-state index contributed by atoms with van der Waals surface area (Å²) in [5.74, 6) is -1.72. The van der Waals surface area contributed by atoms with Gasteiger partial charge in [-0.05, 0) is 25.2 Å². The minimum atomic E-state index is -4.13. The molecule has 3 unspecified atom stereocenters. The van der Waals surface area contributed by atoms with Crippen LogP contribution >= 0.6 is 0 Å². The molecule has 0 aromatic rings. The van der Waals surface area contributed by atoms with Crippen LogP contribution in [0.3, 0.4) is 0 Å². The fourth-order valence-corrected chi connectivity index (χ4v) is 1.66. The van der Waals surface area contributed by atoms with Crippen LogP contribution in [0.1, 0.15) is 26.2 Å². The molecule has 0 radical (unpaired) electrons. The lowest BCUT2D eigenvalue weighted by atomic mass is 9.81. The summed E-state index contributed by atoms with van der Waals surface area (Å²) in [7, 11) is 0. The van der Waals surface area contributed by atoms with E-state index in [9.17, 15) is 17.6 Å². The summed E-state index contributed by atoms with van der Waals surface area (Å²) in [5, 5.41) is 0. The van der Waals surface area contributed by atoms with Gasteiger partial charge in [-0.25, -0.2) is 4.39 Å². The first kappa shape index (κ1) is 9.81. The summed E-state index contributed by atoms with van der Waals surface area (Å²) in [6, 6.07) is 0. The van der Waals surface area contributed by atoms with E-state index in [1.807, 2.05) is 0 Å². The molecule has 4 heteroatoms. The van der Waals surface area contributed by atoms with Crippen LogP contribution in [-0.2, 0) is 0 Å². The molecule has 1 rings (SSSR count). The summed E-state index contributed by atoms with van der Waals surface area (Å²) < 4.78 is 49.1. The molecule has 0 bridgehead atoms. The molecule has 0 nitrogen and oxygen atoms in total. The van der Waals surface area contributed by atoms with Crippen LogP contribution < -0.4 is 0 Å². The van der Waals surface area contributed by atoms with Crippen molar-refractivity contribution in [3.05, 3.63) is 0 Å². The SMILES string of the molecule is CC1CC(C(F)(F)F)CCC1F. The number of rotatable bonds is 0. The maximum Gasteiger partial charge on any atom is 0.391 e. The minimum absolute atomic E-state index is 0.0466. The zero-order valence-corrected chi connectivity index (χ0v) is 6.87. The second-order valence-electron chi connectivity index (χ2n) is 3.54. The first-order valence-electron chi connectivity index (χ1n) is 4.12. The molecule has 0 amide bonds. The lowest BCUT2D eigenvalue weighted by Crippen LogP contribution is -2.32. The van der Waals surface area contributed by atoms with Gasteiger partial charge in [0.1, 0.15) is 6.17 Å². The van der Waals surface area contributed by atoms with E-state index in [0.29, 0.717) is 0 Å². The molecule has 0 N–H and O–H groups in total. The van der Waals surface area contributed by atoms with Gasteiger partial charge in [0.25, 0.3) is 0 Å². The van der Waals surface area contributed by atoms with Crippen molar-refractivity contribution in [1.82, 2.24) is 0 Å². The highest BCUT2D eigenvalue weighted by molar-refractivity contribution is 4.80. The molecular weight excluding hydrogens is 172 g/mol. The Kier molecular flexibility index (Phi) is 2.64. The normalized spacial score (nSPS) is 38.2. The Morgan fingerprint density at radius 3 is 2.17 bits per heavy atom. The minimum Gasteiger partial charge on any atom is -0.247 e. The van der Waals surface area contributed by atoms with Crippen molar-refractivity contribution in [1.29, 1.82) is 0 Å². The Bertz CT molecular complexity index is 152. The van der Waals surface area contributed by atoms with Crippen molar-refractivity contribution in [2.24, 2.45) is 11.8 Å². The highest BCUT2D eigenvalue weighted by Gasteiger charge is 2.43. The first-order chi connectivity index (χ1) is 5.41.